The molecule has 0 bridgehead atoms. The minimum absolute atomic E-state index is 0.203. The summed E-state index contributed by atoms with van der Waals surface area (Å²) >= 11 is 3.52. The Morgan fingerprint density at radius 1 is 1.14 bits per heavy atom. The number of benzene rings is 1. The van der Waals surface area contributed by atoms with Gasteiger partial charge in [-0.05, 0) is 31.4 Å². The predicted octanol–water partition coefficient (Wildman–Crippen LogP) is 3.50. The Morgan fingerprint density at radius 2 is 1.86 bits per heavy atom. The van der Waals surface area contributed by atoms with Crippen molar-refractivity contribution in [2.75, 3.05) is 18.5 Å². The molecule has 0 aromatic heterocycles. The summed E-state index contributed by atoms with van der Waals surface area (Å²) in [6, 6.07) is 10.7. The van der Waals surface area contributed by atoms with Gasteiger partial charge in [-0.25, -0.2) is 0 Å². The lowest BCUT2D eigenvalue weighted by Crippen LogP contribution is -2.42. The summed E-state index contributed by atoms with van der Waals surface area (Å²) in [6.07, 6.45) is 6.11. The van der Waals surface area contributed by atoms with Crippen molar-refractivity contribution in [1.29, 1.82) is 0 Å². The number of fused-ring (bicyclic) bond motifs is 1. The van der Waals surface area contributed by atoms with E-state index in [2.05, 4.69) is 25.7 Å². The molecule has 4 heteroatoms. The smallest absolute Gasteiger partial charge is 0.255 e. The second-order valence-corrected chi connectivity index (χ2v) is 6.85. The lowest BCUT2D eigenvalue weighted by molar-refractivity contribution is 0.0703. The molecule has 1 aromatic carbocycles. The van der Waals surface area contributed by atoms with Gasteiger partial charge in [0.1, 0.15) is 0 Å². The van der Waals surface area contributed by atoms with E-state index in [0.717, 1.165) is 36.9 Å². The van der Waals surface area contributed by atoms with Crippen molar-refractivity contribution in [3.63, 3.8) is 0 Å². The number of carbonyl (C=O) groups excluding carboxylic acids is 1. The molecule has 1 saturated heterocycles. The molecule has 1 aliphatic heterocycles. The van der Waals surface area contributed by atoms with Crippen LogP contribution in [0.3, 0.4) is 0 Å². The molecule has 3 rings (SSSR count). The Morgan fingerprint density at radius 3 is 2.57 bits per heavy atom. The molecule has 3 nitrogen and oxygen atoms in total. The van der Waals surface area contributed by atoms with Crippen molar-refractivity contribution >= 4 is 21.8 Å². The first kappa shape index (κ1) is 15.0. The fourth-order valence-corrected chi connectivity index (χ4v) is 4.00. The molecule has 114 valence electrons. The van der Waals surface area contributed by atoms with Gasteiger partial charge >= 0.3 is 0 Å². The zero-order valence-corrected chi connectivity index (χ0v) is 14.0. The first-order valence-electron chi connectivity index (χ1n) is 7.97. The van der Waals surface area contributed by atoms with Crippen molar-refractivity contribution in [3.8, 4) is 0 Å². The van der Waals surface area contributed by atoms with Crippen molar-refractivity contribution in [1.82, 2.24) is 9.80 Å². The van der Waals surface area contributed by atoms with E-state index >= 15 is 0 Å². The monoisotopic (exact) mass is 350 g/mol. The van der Waals surface area contributed by atoms with E-state index in [-0.39, 0.29) is 5.91 Å². The lowest BCUT2D eigenvalue weighted by Gasteiger charge is -2.32. The fourth-order valence-electron chi connectivity index (χ4n) is 3.75. The molecule has 2 fully saturated rings. The Labute approximate surface area is 135 Å². The van der Waals surface area contributed by atoms with Crippen LogP contribution in [0.4, 0.5) is 0 Å². The third-order valence-corrected chi connectivity index (χ3v) is 5.32. The van der Waals surface area contributed by atoms with E-state index in [1.807, 2.05) is 30.3 Å². The van der Waals surface area contributed by atoms with Gasteiger partial charge in [0, 0.05) is 29.5 Å². The standard InChI is InChI=1S/C17H23BrN2O/c18-11-6-12-19-13-20(16-10-5-4-9-15(16)19)17(21)14-7-2-1-3-8-14/h1-3,7-8,15-16H,4-6,9-13H2. The van der Waals surface area contributed by atoms with Crippen LogP contribution in [0.25, 0.3) is 0 Å². The van der Waals surface area contributed by atoms with Gasteiger partial charge in [-0.3, -0.25) is 9.69 Å². The predicted molar refractivity (Wildman–Crippen MR) is 88.6 cm³/mol. The highest BCUT2D eigenvalue weighted by Crippen LogP contribution is 2.33. The Hall–Kier alpha value is -0.870. The first-order chi connectivity index (χ1) is 10.3. The van der Waals surface area contributed by atoms with Crippen LogP contribution in [0.15, 0.2) is 30.3 Å². The van der Waals surface area contributed by atoms with E-state index in [1.165, 1.54) is 19.3 Å². The topological polar surface area (TPSA) is 23.6 Å². The number of hydrogen-bond donors (Lipinski definition) is 0. The van der Waals surface area contributed by atoms with Gasteiger partial charge in [-0.1, -0.05) is 47.0 Å². The zero-order valence-electron chi connectivity index (χ0n) is 12.4. The SMILES string of the molecule is O=C(c1ccccc1)N1CN(CCCBr)C2CCCCC21. The van der Waals surface area contributed by atoms with Gasteiger partial charge in [0.25, 0.3) is 5.91 Å². The molecule has 1 saturated carbocycles. The van der Waals surface area contributed by atoms with Crippen LogP contribution < -0.4 is 0 Å². The highest BCUT2D eigenvalue weighted by Gasteiger charge is 2.42. The number of nitrogens with zero attached hydrogens (tertiary/aromatic N) is 2. The van der Waals surface area contributed by atoms with E-state index in [9.17, 15) is 4.79 Å². The maximum atomic E-state index is 12.8. The maximum Gasteiger partial charge on any atom is 0.255 e. The summed E-state index contributed by atoms with van der Waals surface area (Å²) in [5.74, 6) is 0.203. The summed E-state index contributed by atoms with van der Waals surface area (Å²) in [7, 11) is 0. The minimum Gasteiger partial charge on any atom is -0.321 e. The largest absolute Gasteiger partial charge is 0.321 e. The van der Waals surface area contributed by atoms with Gasteiger partial charge in [0.2, 0.25) is 0 Å². The van der Waals surface area contributed by atoms with Gasteiger partial charge < -0.3 is 4.90 Å². The molecule has 2 atom stereocenters. The molecule has 0 spiro atoms. The van der Waals surface area contributed by atoms with Crippen LogP contribution in [-0.4, -0.2) is 46.3 Å². The third kappa shape index (κ3) is 3.16. The van der Waals surface area contributed by atoms with Gasteiger partial charge in [-0.2, -0.15) is 0 Å². The highest BCUT2D eigenvalue weighted by molar-refractivity contribution is 9.09. The summed E-state index contributed by atoms with van der Waals surface area (Å²) in [6.45, 7) is 1.89. The fraction of sp³-hybridized carbons (Fsp3) is 0.588. The normalized spacial score (nSPS) is 25.9. The van der Waals surface area contributed by atoms with E-state index < -0.39 is 0 Å². The number of halogens is 1. The average Bonchev–Trinajstić information content (AvgIpc) is 2.92. The molecule has 2 aliphatic rings. The molecule has 0 N–H and O–H groups in total. The number of amides is 1. The van der Waals surface area contributed by atoms with Crippen LogP contribution in [-0.2, 0) is 0 Å². The van der Waals surface area contributed by atoms with Crippen molar-refractivity contribution in [2.45, 2.75) is 44.2 Å². The number of alkyl halides is 1. The number of hydrogen-bond acceptors (Lipinski definition) is 2. The van der Waals surface area contributed by atoms with Crippen molar-refractivity contribution in [2.24, 2.45) is 0 Å². The molecule has 1 amide bonds. The molecular weight excluding hydrogens is 328 g/mol. The summed E-state index contributed by atoms with van der Waals surface area (Å²) in [5, 5.41) is 1.04. The van der Waals surface area contributed by atoms with Crippen LogP contribution in [0.2, 0.25) is 0 Å². The van der Waals surface area contributed by atoms with Gasteiger partial charge in [0.05, 0.1) is 6.67 Å². The number of carbonyl (C=O) groups is 1. The average molecular weight is 351 g/mol. The van der Waals surface area contributed by atoms with Crippen molar-refractivity contribution in [3.05, 3.63) is 35.9 Å². The van der Waals surface area contributed by atoms with E-state index in [4.69, 9.17) is 0 Å². The van der Waals surface area contributed by atoms with Crippen LogP contribution in [0, 0.1) is 0 Å². The van der Waals surface area contributed by atoms with Crippen LogP contribution >= 0.6 is 15.9 Å². The Balaban J connectivity index is 1.77. The number of rotatable bonds is 4. The second kappa shape index (κ2) is 6.93. The molecule has 1 heterocycles. The van der Waals surface area contributed by atoms with Gasteiger partial charge in [-0.15, -0.1) is 0 Å². The zero-order chi connectivity index (χ0) is 14.7. The molecular formula is C17H23BrN2O. The van der Waals surface area contributed by atoms with E-state index in [0.29, 0.717) is 12.1 Å². The van der Waals surface area contributed by atoms with E-state index in [1.54, 1.807) is 0 Å². The molecule has 1 aliphatic carbocycles. The quantitative estimate of drug-likeness (QED) is 0.776. The van der Waals surface area contributed by atoms with Gasteiger partial charge in [0.15, 0.2) is 0 Å². The molecule has 1 aromatic rings. The first-order valence-corrected chi connectivity index (χ1v) is 9.09. The maximum absolute atomic E-state index is 12.8. The van der Waals surface area contributed by atoms with Crippen molar-refractivity contribution < 1.29 is 4.79 Å². The molecule has 0 radical (unpaired) electrons. The summed E-state index contributed by atoms with van der Waals surface area (Å²) in [4.78, 5) is 17.4. The Bertz CT molecular complexity index is 479. The lowest BCUT2D eigenvalue weighted by atomic mass is 9.90. The minimum atomic E-state index is 0.203. The third-order valence-electron chi connectivity index (χ3n) is 4.76. The van der Waals surface area contributed by atoms with Crippen LogP contribution in [0.5, 0.6) is 0 Å². The molecule has 21 heavy (non-hydrogen) atoms. The highest BCUT2D eigenvalue weighted by atomic mass is 79.9. The summed E-state index contributed by atoms with van der Waals surface area (Å²) < 4.78 is 0. The molecule has 2 unspecified atom stereocenters. The van der Waals surface area contributed by atoms with Crippen LogP contribution in [0.1, 0.15) is 42.5 Å². The summed E-state index contributed by atoms with van der Waals surface area (Å²) in [5.41, 5.74) is 0.823. The Kier molecular flexibility index (Phi) is 4.96. The second-order valence-electron chi connectivity index (χ2n) is 6.06.